The van der Waals surface area contributed by atoms with Crippen molar-refractivity contribution >= 4 is 22.5 Å². The van der Waals surface area contributed by atoms with Gasteiger partial charge in [-0.1, -0.05) is 30.3 Å². The molecule has 0 aliphatic carbocycles. The first kappa shape index (κ1) is 15.1. The maximum absolute atomic E-state index is 5.80. The Bertz CT molecular complexity index is 966. The number of rotatable bonds is 5. The van der Waals surface area contributed by atoms with Crippen LogP contribution in [0.25, 0.3) is 11.0 Å². The fourth-order valence-electron chi connectivity index (χ4n) is 2.51. The minimum absolute atomic E-state index is 0.551. The fraction of sp³-hybridized carbons (Fsp3) is 0.0500. The number of nitrogens with zero attached hydrogens (tertiary/aromatic N) is 3. The van der Waals surface area contributed by atoms with Crippen molar-refractivity contribution in [2.24, 2.45) is 0 Å². The lowest BCUT2D eigenvalue weighted by Crippen LogP contribution is -1.98. The molecule has 0 saturated heterocycles. The molecule has 5 heteroatoms. The summed E-state index contributed by atoms with van der Waals surface area (Å²) in [5.74, 6) is 1.56. The van der Waals surface area contributed by atoms with Gasteiger partial charge in [0.05, 0.1) is 5.39 Å². The third-order valence-electron chi connectivity index (χ3n) is 3.77. The summed E-state index contributed by atoms with van der Waals surface area (Å²) in [6.07, 6.45) is 3.23. The van der Waals surface area contributed by atoms with Crippen molar-refractivity contribution in [3.8, 4) is 5.75 Å². The first-order valence-electron chi connectivity index (χ1n) is 7.98. The van der Waals surface area contributed by atoms with Crippen molar-refractivity contribution < 1.29 is 4.74 Å². The molecule has 1 N–H and O–H groups in total. The van der Waals surface area contributed by atoms with E-state index in [9.17, 15) is 0 Å². The molecule has 0 unspecified atom stereocenters. The molecule has 25 heavy (non-hydrogen) atoms. The highest BCUT2D eigenvalue weighted by atomic mass is 16.5. The highest BCUT2D eigenvalue weighted by Gasteiger charge is 2.04. The number of hydrogen-bond acceptors (Lipinski definition) is 5. The van der Waals surface area contributed by atoms with Crippen LogP contribution in [0.3, 0.4) is 0 Å². The van der Waals surface area contributed by atoms with E-state index in [0.717, 1.165) is 28.2 Å². The monoisotopic (exact) mass is 328 g/mol. The number of benzene rings is 2. The van der Waals surface area contributed by atoms with Gasteiger partial charge in [-0.25, -0.2) is 15.0 Å². The number of ether oxygens (including phenoxy) is 1. The van der Waals surface area contributed by atoms with Gasteiger partial charge in [0.2, 0.25) is 0 Å². The Morgan fingerprint density at radius 2 is 1.64 bits per heavy atom. The zero-order chi connectivity index (χ0) is 16.9. The Balaban J connectivity index is 1.47. The van der Waals surface area contributed by atoms with Crippen molar-refractivity contribution in [2.75, 3.05) is 5.32 Å². The Morgan fingerprint density at radius 3 is 2.48 bits per heavy atom. The van der Waals surface area contributed by atoms with Crippen LogP contribution in [0.1, 0.15) is 5.56 Å². The van der Waals surface area contributed by atoms with E-state index in [4.69, 9.17) is 4.74 Å². The van der Waals surface area contributed by atoms with Crippen LogP contribution in [0.2, 0.25) is 0 Å². The van der Waals surface area contributed by atoms with Gasteiger partial charge < -0.3 is 10.1 Å². The largest absolute Gasteiger partial charge is 0.489 e. The van der Waals surface area contributed by atoms with Gasteiger partial charge in [-0.2, -0.15) is 0 Å². The Morgan fingerprint density at radius 1 is 0.800 bits per heavy atom. The van der Waals surface area contributed by atoms with Gasteiger partial charge in [-0.3, -0.25) is 0 Å². The average molecular weight is 328 g/mol. The summed E-state index contributed by atoms with van der Waals surface area (Å²) in [5.41, 5.74) is 2.74. The van der Waals surface area contributed by atoms with Crippen LogP contribution in [-0.4, -0.2) is 15.0 Å². The summed E-state index contributed by atoms with van der Waals surface area (Å²) >= 11 is 0. The molecular formula is C20H16N4O. The average Bonchev–Trinajstić information content (AvgIpc) is 2.69. The topological polar surface area (TPSA) is 59.9 Å². The van der Waals surface area contributed by atoms with Gasteiger partial charge in [0, 0.05) is 11.9 Å². The fourth-order valence-corrected chi connectivity index (χ4v) is 2.51. The normalized spacial score (nSPS) is 10.6. The summed E-state index contributed by atoms with van der Waals surface area (Å²) in [4.78, 5) is 12.7. The van der Waals surface area contributed by atoms with E-state index in [1.165, 1.54) is 6.33 Å². The number of hydrogen-bond donors (Lipinski definition) is 1. The third-order valence-corrected chi connectivity index (χ3v) is 3.77. The van der Waals surface area contributed by atoms with Gasteiger partial charge in [0.1, 0.15) is 24.5 Å². The van der Waals surface area contributed by atoms with Crippen LogP contribution in [0, 0.1) is 0 Å². The van der Waals surface area contributed by atoms with E-state index in [0.29, 0.717) is 12.3 Å². The van der Waals surface area contributed by atoms with Gasteiger partial charge >= 0.3 is 0 Å². The molecular weight excluding hydrogens is 312 g/mol. The molecule has 0 aliphatic heterocycles. The van der Waals surface area contributed by atoms with Crippen molar-refractivity contribution in [2.45, 2.75) is 6.61 Å². The van der Waals surface area contributed by atoms with Crippen molar-refractivity contribution in [1.29, 1.82) is 0 Å². The predicted molar refractivity (Wildman–Crippen MR) is 97.8 cm³/mol. The first-order chi connectivity index (χ1) is 12.4. The first-order valence-corrected chi connectivity index (χ1v) is 7.98. The van der Waals surface area contributed by atoms with Crippen LogP contribution in [-0.2, 0) is 6.61 Å². The number of fused-ring (bicyclic) bond motifs is 1. The van der Waals surface area contributed by atoms with Crippen molar-refractivity contribution in [3.63, 3.8) is 0 Å². The molecule has 0 aliphatic rings. The maximum atomic E-state index is 5.80. The molecule has 4 rings (SSSR count). The summed E-state index contributed by atoms with van der Waals surface area (Å²) in [6, 6.07) is 21.7. The lowest BCUT2D eigenvalue weighted by molar-refractivity contribution is 0.306. The molecule has 0 saturated carbocycles. The number of pyridine rings is 1. The molecule has 5 nitrogen and oxygen atoms in total. The second-order valence-corrected chi connectivity index (χ2v) is 5.52. The van der Waals surface area contributed by atoms with Gasteiger partial charge in [0.25, 0.3) is 0 Å². The molecule has 0 amide bonds. The highest BCUT2D eigenvalue weighted by molar-refractivity contribution is 5.87. The smallest absolute Gasteiger partial charge is 0.164 e. The van der Waals surface area contributed by atoms with Crippen LogP contribution in [0.5, 0.6) is 5.75 Å². The van der Waals surface area contributed by atoms with Crippen LogP contribution in [0.4, 0.5) is 11.5 Å². The minimum atomic E-state index is 0.551. The van der Waals surface area contributed by atoms with Gasteiger partial charge in [-0.15, -0.1) is 0 Å². The highest BCUT2D eigenvalue weighted by Crippen LogP contribution is 2.23. The summed E-state index contributed by atoms with van der Waals surface area (Å²) in [5, 5.41) is 4.18. The van der Waals surface area contributed by atoms with E-state index in [1.807, 2.05) is 66.7 Å². The van der Waals surface area contributed by atoms with E-state index >= 15 is 0 Å². The molecule has 0 fully saturated rings. The lowest BCUT2D eigenvalue weighted by Gasteiger charge is -2.10. The zero-order valence-corrected chi connectivity index (χ0v) is 13.5. The molecule has 0 radical (unpaired) electrons. The molecule has 0 spiro atoms. The predicted octanol–water partition coefficient (Wildman–Crippen LogP) is 4.35. The van der Waals surface area contributed by atoms with Crippen LogP contribution < -0.4 is 10.1 Å². The molecule has 2 aromatic heterocycles. The van der Waals surface area contributed by atoms with Crippen LogP contribution >= 0.6 is 0 Å². The second-order valence-electron chi connectivity index (χ2n) is 5.52. The lowest BCUT2D eigenvalue weighted by atomic mass is 10.2. The Kier molecular flexibility index (Phi) is 4.20. The quantitative estimate of drug-likeness (QED) is 0.590. The van der Waals surface area contributed by atoms with E-state index < -0.39 is 0 Å². The second kappa shape index (κ2) is 6.97. The number of anilines is 2. The summed E-state index contributed by atoms with van der Waals surface area (Å²) < 4.78 is 5.80. The third kappa shape index (κ3) is 3.55. The Labute approximate surface area is 145 Å². The van der Waals surface area contributed by atoms with Gasteiger partial charge in [0.15, 0.2) is 5.65 Å². The zero-order valence-electron chi connectivity index (χ0n) is 13.5. The molecule has 4 aromatic rings. The van der Waals surface area contributed by atoms with Gasteiger partial charge in [-0.05, 0) is 42.0 Å². The Hall–Kier alpha value is -3.47. The SMILES string of the molecule is c1ccc(COc2ccc(Nc3ncnc4ncccc34)cc2)cc1. The van der Waals surface area contributed by atoms with E-state index in [2.05, 4.69) is 20.3 Å². The standard InChI is InChI=1S/C20H16N4O/c1-2-5-15(6-3-1)13-25-17-10-8-16(9-11-17)24-20-18-7-4-12-21-19(18)22-14-23-20/h1-12,14H,13H2,(H,21,22,23,24). The van der Waals surface area contributed by atoms with Crippen molar-refractivity contribution in [1.82, 2.24) is 15.0 Å². The summed E-state index contributed by atoms with van der Waals surface area (Å²) in [7, 11) is 0. The molecule has 0 atom stereocenters. The minimum Gasteiger partial charge on any atom is -0.489 e. The summed E-state index contributed by atoms with van der Waals surface area (Å²) in [6.45, 7) is 0.551. The van der Waals surface area contributed by atoms with Crippen molar-refractivity contribution in [3.05, 3.63) is 84.8 Å². The molecule has 2 aromatic carbocycles. The van der Waals surface area contributed by atoms with Crippen LogP contribution in [0.15, 0.2) is 79.3 Å². The molecule has 2 heterocycles. The number of aromatic nitrogens is 3. The van der Waals surface area contributed by atoms with E-state index in [-0.39, 0.29) is 0 Å². The maximum Gasteiger partial charge on any atom is 0.164 e. The molecule has 122 valence electrons. The van der Waals surface area contributed by atoms with E-state index in [1.54, 1.807) is 6.20 Å². The molecule has 0 bridgehead atoms. The number of nitrogens with one attached hydrogen (secondary N) is 1.